The predicted molar refractivity (Wildman–Crippen MR) is 174 cm³/mol. The Labute approximate surface area is 261 Å². The number of hydrogen-bond acceptors (Lipinski definition) is 7. The molecule has 0 saturated heterocycles. The number of nitrogens with one attached hydrogen (secondary N) is 1. The minimum Gasteiger partial charge on any atom is -0.432 e. The first-order valence-electron chi connectivity index (χ1n) is 14.8. The monoisotopic (exact) mass is 609 g/mol. The molecule has 10 heteroatoms. The van der Waals surface area contributed by atoms with Crippen LogP contribution in [0.15, 0.2) is 73.4 Å². The molecule has 0 spiro atoms. The molecule has 240 valence electrons. The molecule has 1 aliphatic heterocycles. The maximum atomic E-state index is 12.4. The third-order valence-electron chi connectivity index (χ3n) is 5.91. The first-order valence-corrected chi connectivity index (χ1v) is 14.8. The van der Waals surface area contributed by atoms with Gasteiger partial charge in [-0.05, 0) is 54.7 Å². The van der Waals surface area contributed by atoms with E-state index in [4.69, 9.17) is 9.57 Å². The molecule has 0 unspecified atom stereocenters. The molecule has 1 aromatic carbocycles. The van der Waals surface area contributed by atoms with Crippen molar-refractivity contribution in [2.24, 2.45) is 0 Å². The number of aryl methyl sites for hydroxylation is 1. The van der Waals surface area contributed by atoms with Crippen molar-refractivity contribution in [2.45, 2.75) is 67.2 Å². The van der Waals surface area contributed by atoms with Gasteiger partial charge in [0, 0.05) is 50.7 Å². The van der Waals surface area contributed by atoms with Crippen LogP contribution in [-0.4, -0.2) is 59.9 Å². The first-order chi connectivity index (χ1) is 21.1. The molecular formula is C34H47N3O7. The van der Waals surface area contributed by atoms with Crippen molar-refractivity contribution >= 4 is 41.0 Å². The second-order valence-electron chi connectivity index (χ2n) is 8.79. The van der Waals surface area contributed by atoms with Crippen LogP contribution in [0, 0.1) is 6.92 Å². The molecule has 1 N–H and O–H groups in total. The molecule has 10 nitrogen and oxygen atoms in total. The lowest BCUT2D eigenvalue weighted by molar-refractivity contribution is -0.166. The molecule has 0 radical (unpaired) electrons. The zero-order valence-electron chi connectivity index (χ0n) is 27.1. The Morgan fingerprint density at radius 2 is 1.64 bits per heavy atom. The quantitative estimate of drug-likeness (QED) is 0.0868. The maximum Gasteiger partial charge on any atom is 0.533 e. The normalized spacial score (nSPS) is 12.3. The third kappa shape index (κ3) is 13.1. The summed E-state index contributed by atoms with van der Waals surface area (Å²) in [5, 5.41) is 3.63. The van der Waals surface area contributed by atoms with Crippen LogP contribution in [0.3, 0.4) is 0 Å². The van der Waals surface area contributed by atoms with E-state index in [9.17, 15) is 24.0 Å². The summed E-state index contributed by atoms with van der Waals surface area (Å²) in [5.41, 5.74) is 4.01. The van der Waals surface area contributed by atoms with Gasteiger partial charge in [-0.25, -0.2) is 4.79 Å². The Bertz CT molecular complexity index is 1240. The molecule has 0 bridgehead atoms. The van der Waals surface area contributed by atoms with Gasteiger partial charge in [-0.2, -0.15) is 5.06 Å². The van der Waals surface area contributed by atoms with E-state index in [2.05, 4.69) is 18.5 Å². The van der Waals surface area contributed by atoms with Crippen molar-refractivity contribution < 1.29 is 33.5 Å². The van der Waals surface area contributed by atoms with E-state index in [1.165, 1.54) is 19.2 Å². The van der Waals surface area contributed by atoms with Gasteiger partial charge in [-0.15, -0.1) is 6.58 Å². The van der Waals surface area contributed by atoms with Gasteiger partial charge in [0.25, 0.3) is 17.7 Å². The summed E-state index contributed by atoms with van der Waals surface area (Å²) >= 11 is 0. The van der Waals surface area contributed by atoms with E-state index in [1.807, 2.05) is 65.8 Å². The number of hydroxylamine groups is 2. The average Bonchev–Trinajstić information content (AvgIpc) is 3.34. The lowest BCUT2D eigenvalue weighted by atomic mass is 9.93. The van der Waals surface area contributed by atoms with Crippen molar-refractivity contribution in [3.63, 3.8) is 0 Å². The number of hydrogen-bond donors (Lipinski definition) is 1. The number of imide groups is 1. The van der Waals surface area contributed by atoms with Crippen molar-refractivity contribution in [3.05, 3.63) is 84.5 Å². The van der Waals surface area contributed by atoms with Gasteiger partial charge < -0.3 is 14.9 Å². The molecule has 0 saturated carbocycles. The summed E-state index contributed by atoms with van der Waals surface area (Å²) in [5.74, 6) is -1.55. The van der Waals surface area contributed by atoms with Crippen LogP contribution in [0.1, 0.15) is 71.4 Å². The number of nitrogens with zero attached hydrogens (tertiary/aromatic N) is 2. The van der Waals surface area contributed by atoms with Crippen LogP contribution in [0.2, 0.25) is 0 Å². The lowest BCUT2D eigenvalue weighted by Crippen LogP contribution is -2.33. The van der Waals surface area contributed by atoms with Gasteiger partial charge in [0.15, 0.2) is 0 Å². The fourth-order valence-corrected chi connectivity index (χ4v) is 3.83. The Morgan fingerprint density at radius 1 is 1.00 bits per heavy atom. The molecule has 0 fully saturated rings. The third-order valence-corrected chi connectivity index (χ3v) is 5.91. The summed E-state index contributed by atoms with van der Waals surface area (Å²) < 4.78 is 5.15. The van der Waals surface area contributed by atoms with E-state index in [-0.39, 0.29) is 37.8 Å². The van der Waals surface area contributed by atoms with E-state index in [0.717, 1.165) is 32.2 Å². The second-order valence-corrected chi connectivity index (χ2v) is 8.79. The summed E-state index contributed by atoms with van der Waals surface area (Å²) in [6.07, 6.45) is 9.41. The number of benzene rings is 1. The minimum atomic E-state index is -0.989. The van der Waals surface area contributed by atoms with Crippen molar-refractivity contribution in [1.82, 2.24) is 9.96 Å². The Morgan fingerprint density at radius 3 is 2.18 bits per heavy atom. The average molecular weight is 610 g/mol. The fraction of sp³-hybridized carbons (Fsp3) is 0.382. The van der Waals surface area contributed by atoms with Crippen molar-refractivity contribution in [2.75, 3.05) is 25.5 Å². The highest BCUT2D eigenvalue weighted by Crippen LogP contribution is 2.28. The topological polar surface area (TPSA) is 122 Å². The van der Waals surface area contributed by atoms with E-state index in [0.29, 0.717) is 18.5 Å². The largest absolute Gasteiger partial charge is 0.533 e. The SMILES string of the molecule is C=CCCC(=O)N(C)OC(=O)OCC/C(C=C)=C(/C=C\C)c1ccc(NC(=O)CCN2C(=O)C=CC2=O)cc1C.CC.CC. The molecule has 0 aliphatic carbocycles. The molecule has 1 heterocycles. The zero-order chi connectivity index (χ0) is 33.7. The van der Waals surface area contributed by atoms with Crippen molar-refractivity contribution in [1.29, 1.82) is 0 Å². The zero-order valence-corrected chi connectivity index (χ0v) is 27.1. The smallest absolute Gasteiger partial charge is 0.432 e. The number of carbonyl (C=O) groups excluding carboxylic acids is 5. The van der Waals surface area contributed by atoms with Crippen LogP contribution in [0.25, 0.3) is 5.57 Å². The number of anilines is 1. The van der Waals surface area contributed by atoms with Gasteiger partial charge in [0.2, 0.25) is 5.91 Å². The van der Waals surface area contributed by atoms with Crippen molar-refractivity contribution in [3.8, 4) is 0 Å². The molecule has 0 atom stereocenters. The highest BCUT2D eigenvalue weighted by Gasteiger charge is 2.23. The Hall–Kier alpha value is -4.73. The predicted octanol–water partition coefficient (Wildman–Crippen LogP) is 6.70. The summed E-state index contributed by atoms with van der Waals surface area (Å²) in [7, 11) is 1.34. The highest BCUT2D eigenvalue weighted by atomic mass is 16.8. The van der Waals surface area contributed by atoms with Crippen LogP contribution < -0.4 is 5.32 Å². The Kier molecular flexibility index (Phi) is 19.5. The van der Waals surface area contributed by atoms with Gasteiger partial charge in [0.05, 0.1) is 6.61 Å². The van der Waals surface area contributed by atoms with Gasteiger partial charge in [-0.1, -0.05) is 64.6 Å². The standard InChI is InChI=1S/C30H35N3O7.2C2H6/c1-6-9-11-27(35)32(5)40-30(38)39-19-17-22(8-3)25(10-7-2)24-13-12-23(20-21(24)4)31-26(34)16-18-33-28(36)14-15-29(33)37;2*1-2/h6-8,10,12-15,20H,1,3,9,11,16-19H2,2,4-5H3,(H,31,34);2*1-2H3/b10-7-,25-22-;;. The highest BCUT2D eigenvalue weighted by molar-refractivity contribution is 6.13. The summed E-state index contributed by atoms with van der Waals surface area (Å²) in [6, 6.07) is 5.43. The number of allylic oxidation sites excluding steroid dienone is 5. The maximum absolute atomic E-state index is 12.4. The number of ether oxygens (including phenoxy) is 1. The fourth-order valence-electron chi connectivity index (χ4n) is 3.83. The lowest BCUT2D eigenvalue weighted by Gasteiger charge is -2.17. The molecule has 1 aromatic rings. The summed E-state index contributed by atoms with van der Waals surface area (Å²) in [4.78, 5) is 65.5. The molecule has 44 heavy (non-hydrogen) atoms. The molecule has 1 aliphatic rings. The molecule has 0 aromatic heterocycles. The number of rotatable bonds is 13. The van der Waals surface area contributed by atoms with Gasteiger partial charge in [-0.3, -0.25) is 24.1 Å². The molecule has 4 amide bonds. The number of carbonyl (C=O) groups is 5. The van der Waals surface area contributed by atoms with Crippen LogP contribution in [0.4, 0.5) is 10.5 Å². The Balaban J connectivity index is 0.00000443. The van der Waals surface area contributed by atoms with E-state index >= 15 is 0 Å². The van der Waals surface area contributed by atoms with Crippen LogP contribution >= 0.6 is 0 Å². The summed E-state index contributed by atoms with van der Waals surface area (Å²) in [6.45, 7) is 19.2. The second kappa shape index (κ2) is 21.9. The first kappa shape index (κ1) is 39.3. The minimum absolute atomic E-state index is 0.000656. The van der Waals surface area contributed by atoms with E-state index in [1.54, 1.807) is 18.2 Å². The molecule has 2 rings (SSSR count). The van der Waals surface area contributed by atoms with Gasteiger partial charge in [0.1, 0.15) is 0 Å². The molecular weight excluding hydrogens is 562 g/mol. The van der Waals surface area contributed by atoms with E-state index < -0.39 is 18.0 Å². The van der Waals surface area contributed by atoms with Crippen LogP contribution in [-0.2, 0) is 28.8 Å². The van der Waals surface area contributed by atoms with Crippen LogP contribution in [0.5, 0.6) is 0 Å². The van der Waals surface area contributed by atoms with Gasteiger partial charge >= 0.3 is 6.16 Å². The number of amides is 4.